The Morgan fingerprint density at radius 2 is 1.36 bits per heavy atom. The number of rotatable bonds is 3. The van der Waals surface area contributed by atoms with E-state index in [1.165, 1.54) is 12.4 Å². The van der Waals surface area contributed by atoms with E-state index in [2.05, 4.69) is 14.9 Å². The summed E-state index contributed by atoms with van der Waals surface area (Å²) in [7, 11) is 0. The molecule has 0 amide bonds. The SMILES string of the molecule is O=c1c2[nH]cc[nH]c2c(=O)c2c(=O)n(CCN3CCOCC3)c(=O)c12. The van der Waals surface area contributed by atoms with E-state index in [0.717, 1.165) is 17.7 Å². The van der Waals surface area contributed by atoms with E-state index in [9.17, 15) is 19.2 Å². The highest BCUT2D eigenvalue weighted by molar-refractivity contribution is 5.93. The molecule has 2 N–H and O–H groups in total. The Kier molecular flexibility index (Phi) is 3.74. The van der Waals surface area contributed by atoms with Crippen molar-refractivity contribution in [2.24, 2.45) is 0 Å². The topological polar surface area (TPSA) is 117 Å². The molecule has 130 valence electrons. The lowest BCUT2D eigenvalue weighted by atomic mass is 10.1. The fourth-order valence-corrected chi connectivity index (χ4v) is 3.27. The van der Waals surface area contributed by atoms with Gasteiger partial charge in [0, 0.05) is 38.6 Å². The third kappa shape index (κ3) is 2.39. The molecule has 2 aromatic heterocycles. The van der Waals surface area contributed by atoms with E-state index in [0.29, 0.717) is 19.8 Å². The standard InChI is InChI=1S/C16H16N4O5/c21-13-9-10(14(22)12-11(13)17-1-2-18-12)16(24)20(15(9)23)4-3-19-5-7-25-8-6-19/h1-2,17-18H,3-8H2. The fraction of sp³-hybridized carbons (Fsp3) is 0.375. The van der Waals surface area contributed by atoms with Gasteiger partial charge in [0.05, 0.1) is 13.2 Å². The third-order valence-corrected chi connectivity index (χ3v) is 4.61. The predicted octanol–water partition coefficient (Wildman–Crippen LogP) is -1.34. The van der Waals surface area contributed by atoms with Crippen LogP contribution in [-0.4, -0.2) is 52.3 Å². The van der Waals surface area contributed by atoms with Gasteiger partial charge in [0.2, 0.25) is 10.9 Å². The van der Waals surface area contributed by atoms with Gasteiger partial charge >= 0.3 is 0 Å². The molecule has 4 rings (SSSR count). The zero-order valence-corrected chi connectivity index (χ0v) is 13.3. The van der Waals surface area contributed by atoms with Crippen molar-refractivity contribution in [2.75, 3.05) is 32.8 Å². The number of aromatic nitrogens is 3. The molecular formula is C16H16N4O5. The normalized spacial score (nSPS) is 16.0. The average molecular weight is 344 g/mol. The minimum absolute atomic E-state index is 0.00225. The van der Waals surface area contributed by atoms with Crippen LogP contribution >= 0.6 is 0 Å². The van der Waals surface area contributed by atoms with Crippen LogP contribution in [0.15, 0.2) is 31.6 Å². The second-order valence-corrected chi connectivity index (χ2v) is 6.00. The van der Waals surface area contributed by atoms with Crippen LogP contribution in [-0.2, 0) is 11.3 Å². The van der Waals surface area contributed by atoms with Crippen molar-refractivity contribution >= 4 is 21.8 Å². The van der Waals surface area contributed by atoms with Gasteiger partial charge in [-0.3, -0.25) is 28.6 Å². The van der Waals surface area contributed by atoms with Crippen LogP contribution < -0.4 is 22.0 Å². The molecular weight excluding hydrogens is 328 g/mol. The number of nitrogens with zero attached hydrogens (tertiary/aromatic N) is 2. The third-order valence-electron chi connectivity index (χ3n) is 4.61. The first-order chi connectivity index (χ1) is 12.1. The van der Waals surface area contributed by atoms with Crippen LogP contribution in [0.4, 0.5) is 0 Å². The molecule has 1 aromatic carbocycles. The maximum absolute atomic E-state index is 12.6. The van der Waals surface area contributed by atoms with Crippen molar-refractivity contribution in [1.29, 1.82) is 0 Å². The van der Waals surface area contributed by atoms with Crippen molar-refractivity contribution in [3.63, 3.8) is 0 Å². The second kappa shape index (κ2) is 5.94. The molecule has 1 aliphatic rings. The van der Waals surface area contributed by atoms with Crippen LogP contribution in [0.25, 0.3) is 21.8 Å². The lowest BCUT2D eigenvalue weighted by Crippen LogP contribution is -2.40. The van der Waals surface area contributed by atoms with Crippen molar-refractivity contribution in [3.8, 4) is 0 Å². The smallest absolute Gasteiger partial charge is 0.265 e. The number of hydrogen-bond donors (Lipinski definition) is 2. The fourth-order valence-electron chi connectivity index (χ4n) is 3.27. The minimum Gasteiger partial charge on any atom is -0.379 e. The maximum atomic E-state index is 12.6. The lowest BCUT2D eigenvalue weighted by Gasteiger charge is -2.26. The molecule has 0 bridgehead atoms. The Bertz CT molecular complexity index is 1090. The molecule has 0 radical (unpaired) electrons. The van der Waals surface area contributed by atoms with Gasteiger partial charge in [-0.15, -0.1) is 0 Å². The summed E-state index contributed by atoms with van der Waals surface area (Å²) in [6.45, 7) is 3.26. The molecule has 1 saturated heterocycles. The Labute approximate surface area is 139 Å². The highest BCUT2D eigenvalue weighted by Gasteiger charge is 2.22. The highest BCUT2D eigenvalue weighted by atomic mass is 16.5. The monoisotopic (exact) mass is 344 g/mol. The van der Waals surface area contributed by atoms with Crippen molar-refractivity contribution in [2.45, 2.75) is 6.54 Å². The summed E-state index contributed by atoms with van der Waals surface area (Å²) in [5.41, 5.74) is -2.66. The van der Waals surface area contributed by atoms with Gasteiger partial charge in [-0.05, 0) is 0 Å². The number of H-pyrrole nitrogens is 2. The van der Waals surface area contributed by atoms with Gasteiger partial charge in [0.1, 0.15) is 21.8 Å². The highest BCUT2D eigenvalue weighted by Crippen LogP contribution is 2.04. The van der Waals surface area contributed by atoms with Crippen molar-refractivity contribution in [1.82, 2.24) is 19.4 Å². The summed E-state index contributed by atoms with van der Waals surface area (Å²) < 4.78 is 6.25. The maximum Gasteiger partial charge on any atom is 0.265 e. The van der Waals surface area contributed by atoms with Gasteiger partial charge in [-0.2, -0.15) is 0 Å². The number of morpholine rings is 1. The molecule has 0 aliphatic carbocycles. The molecule has 0 atom stereocenters. The van der Waals surface area contributed by atoms with Crippen molar-refractivity contribution < 1.29 is 4.74 Å². The molecule has 9 nitrogen and oxygen atoms in total. The molecule has 0 spiro atoms. The summed E-state index contributed by atoms with van der Waals surface area (Å²) in [6.07, 6.45) is 2.90. The van der Waals surface area contributed by atoms with E-state index in [1.807, 2.05) is 0 Å². The van der Waals surface area contributed by atoms with Gasteiger partial charge in [0.25, 0.3) is 11.1 Å². The van der Waals surface area contributed by atoms with Crippen LogP contribution in [0.2, 0.25) is 0 Å². The average Bonchev–Trinajstić information content (AvgIpc) is 2.90. The van der Waals surface area contributed by atoms with Gasteiger partial charge < -0.3 is 14.7 Å². The quantitative estimate of drug-likeness (QED) is 0.607. The molecule has 1 aliphatic heterocycles. The first-order valence-corrected chi connectivity index (χ1v) is 8.02. The summed E-state index contributed by atoms with van der Waals surface area (Å²) in [5, 5.41) is -0.666. The first-order valence-electron chi connectivity index (χ1n) is 8.02. The van der Waals surface area contributed by atoms with Gasteiger partial charge in [-0.1, -0.05) is 0 Å². The summed E-state index contributed by atoms with van der Waals surface area (Å²) in [4.78, 5) is 57.7. The number of nitrogens with one attached hydrogen (secondary N) is 2. The largest absolute Gasteiger partial charge is 0.379 e. The molecule has 9 heteroatoms. The minimum atomic E-state index is -0.700. The van der Waals surface area contributed by atoms with E-state index in [1.54, 1.807) is 0 Å². The zero-order chi connectivity index (χ0) is 17.6. The Balaban J connectivity index is 1.88. The molecule has 1 fully saturated rings. The number of fused-ring (bicyclic) bond motifs is 2. The van der Waals surface area contributed by atoms with Crippen LogP contribution in [0.5, 0.6) is 0 Å². The molecule has 3 aromatic rings. The first kappa shape index (κ1) is 15.7. The van der Waals surface area contributed by atoms with Crippen molar-refractivity contribution in [3.05, 3.63) is 53.5 Å². The molecule has 25 heavy (non-hydrogen) atoms. The Hall–Kier alpha value is -2.78. The number of aromatic amines is 2. The predicted molar refractivity (Wildman–Crippen MR) is 91.7 cm³/mol. The van der Waals surface area contributed by atoms with E-state index >= 15 is 0 Å². The van der Waals surface area contributed by atoms with Gasteiger partial charge in [-0.25, -0.2) is 0 Å². The summed E-state index contributed by atoms with van der Waals surface area (Å²) >= 11 is 0. The summed E-state index contributed by atoms with van der Waals surface area (Å²) in [5.74, 6) is 0. The van der Waals surface area contributed by atoms with Crippen LogP contribution in [0, 0.1) is 0 Å². The second-order valence-electron chi connectivity index (χ2n) is 6.00. The number of benzene rings is 1. The lowest BCUT2D eigenvalue weighted by molar-refractivity contribution is 0.0362. The molecule has 0 saturated carbocycles. The summed E-state index contributed by atoms with van der Waals surface area (Å²) in [6, 6.07) is 0. The Morgan fingerprint density at radius 1 is 0.840 bits per heavy atom. The number of hydrogen-bond acceptors (Lipinski definition) is 6. The van der Waals surface area contributed by atoms with E-state index in [4.69, 9.17) is 4.74 Å². The molecule has 0 unspecified atom stereocenters. The number of ether oxygens (including phenoxy) is 1. The Morgan fingerprint density at radius 3 is 1.88 bits per heavy atom. The van der Waals surface area contributed by atoms with Gasteiger partial charge in [0.15, 0.2) is 0 Å². The van der Waals surface area contributed by atoms with E-state index in [-0.39, 0.29) is 28.4 Å². The molecule has 3 heterocycles. The van der Waals surface area contributed by atoms with Crippen LogP contribution in [0.3, 0.4) is 0 Å². The zero-order valence-electron chi connectivity index (χ0n) is 13.3. The van der Waals surface area contributed by atoms with Crippen LogP contribution in [0.1, 0.15) is 0 Å². The van der Waals surface area contributed by atoms with E-state index < -0.39 is 22.0 Å².